The standard InChI is InChI=1S/C14H25N3O2/c1-9(2)5-12(7-15)6-13(18)16-8-14-17-10(3)11(4)19-14/h9,12H,5-8,15H2,1-4H3,(H,16,18). The summed E-state index contributed by atoms with van der Waals surface area (Å²) < 4.78 is 5.41. The molecule has 0 saturated carbocycles. The lowest BCUT2D eigenvalue weighted by molar-refractivity contribution is -0.122. The van der Waals surface area contributed by atoms with Crippen LogP contribution in [0.3, 0.4) is 0 Å². The van der Waals surface area contributed by atoms with Crippen molar-refractivity contribution in [1.29, 1.82) is 0 Å². The molecule has 0 saturated heterocycles. The predicted octanol–water partition coefficient (Wildman–Crippen LogP) is 1.92. The van der Waals surface area contributed by atoms with Crippen LogP contribution in [0.25, 0.3) is 0 Å². The molecule has 1 unspecified atom stereocenters. The number of amides is 1. The largest absolute Gasteiger partial charge is 0.444 e. The fourth-order valence-corrected chi connectivity index (χ4v) is 2.05. The van der Waals surface area contributed by atoms with E-state index in [2.05, 4.69) is 24.1 Å². The summed E-state index contributed by atoms with van der Waals surface area (Å²) in [5.74, 6) is 2.15. The zero-order chi connectivity index (χ0) is 14.4. The molecule has 0 aliphatic carbocycles. The first-order valence-electron chi connectivity index (χ1n) is 6.82. The molecule has 0 aromatic carbocycles. The molecule has 3 N–H and O–H groups in total. The van der Waals surface area contributed by atoms with Crippen LogP contribution < -0.4 is 11.1 Å². The van der Waals surface area contributed by atoms with Crippen LogP contribution in [0.5, 0.6) is 0 Å². The van der Waals surface area contributed by atoms with Crippen molar-refractivity contribution in [2.75, 3.05) is 6.54 Å². The number of aromatic nitrogens is 1. The van der Waals surface area contributed by atoms with Gasteiger partial charge in [0.05, 0.1) is 12.2 Å². The smallest absolute Gasteiger partial charge is 0.220 e. The Bertz CT molecular complexity index is 393. The van der Waals surface area contributed by atoms with E-state index < -0.39 is 0 Å². The second-order valence-corrected chi connectivity index (χ2v) is 5.46. The molecule has 19 heavy (non-hydrogen) atoms. The quantitative estimate of drug-likeness (QED) is 0.790. The van der Waals surface area contributed by atoms with Crippen LogP contribution in [-0.4, -0.2) is 17.4 Å². The Balaban J connectivity index is 2.38. The van der Waals surface area contributed by atoms with Gasteiger partial charge in [0.2, 0.25) is 11.8 Å². The lowest BCUT2D eigenvalue weighted by atomic mass is 9.94. The fourth-order valence-electron chi connectivity index (χ4n) is 2.05. The highest BCUT2D eigenvalue weighted by molar-refractivity contribution is 5.76. The van der Waals surface area contributed by atoms with Crippen LogP contribution in [-0.2, 0) is 11.3 Å². The zero-order valence-electron chi connectivity index (χ0n) is 12.3. The predicted molar refractivity (Wildman–Crippen MR) is 74.4 cm³/mol. The van der Waals surface area contributed by atoms with Crippen molar-refractivity contribution < 1.29 is 9.21 Å². The summed E-state index contributed by atoms with van der Waals surface area (Å²) in [4.78, 5) is 16.0. The molecule has 0 spiro atoms. The molecule has 0 bridgehead atoms. The molecule has 1 heterocycles. The Morgan fingerprint density at radius 3 is 2.58 bits per heavy atom. The van der Waals surface area contributed by atoms with Crippen molar-refractivity contribution in [3.63, 3.8) is 0 Å². The average Bonchev–Trinajstić information content (AvgIpc) is 2.65. The van der Waals surface area contributed by atoms with Gasteiger partial charge in [0, 0.05) is 6.42 Å². The summed E-state index contributed by atoms with van der Waals surface area (Å²) in [7, 11) is 0. The van der Waals surface area contributed by atoms with Gasteiger partial charge in [-0.25, -0.2) is 4.98 Å². The van der Waals surface area contributed by atoms with Crippen molar-refractivity contribution in [2.45, 2.75) is 47.1 Å². The van der Waals surface area contributed by atoms with E-state index in [0.717, 1.165) is 17.9 Å². The van der Waals surface area contributed by atoms with Crippen LogP contribution in [0.4, 0.5) is 0 Å². The summed E-state index contributed by atoms with van der Waals surface area (Å²) in [6, 6.07) is 0. The first-order chi connectivity index (χ1) is 8.92. The van der Waals surface area contributed by atoms with Gasteiger partial charge in [0.25, 0.3) is 0 Å². The highest BCUT2D eigenvalue weighted by Gasteiger charge is 2.14. The maximum atomic E-state index is 11.8. The maximum Gasteiger partial charge on any atom is 0.220 e. The third-order valence-electron chi connectivity index (χ3n) is 3.12. The van der Waals surface area contributed by atoms with Gasteiger partial charge in [-0.1, -0.05) is 13.8 Å². The minimum absolute atomic E-state index is 0.00426. The van der Waals surface area contributed by atoms with Gasteiger partial charge in [-0.3, -0.25) is 4.79 Å². The van der Waals surface area contributed by atoms with Crippen LogP contribution in [0.15, 0.2) is 4.42 Å². The van der Waals surface area contributed by atoms with E-state index in [1.807, 2.05) is 13.8 Å². The fraction of sp³-hybridized carbons (Fsp3) is 0.714. The van der Waals surface area contributed by atoms with Crippen molar-refractivity contribution in [2.24, 2.45) is 17.6 Å². The number of nitrogens with one attached hydrogen (secondary N) is 1. The Hall–Kier alpha value is -1.36. The first-order valence-corrected chi connectivity index (χ1v) is 6.82. The molecular weight excluding hydrogens is 242 g/mol. The summed E-state index contributed by atoms with van der Waals surface area (Å²) in [6.45, 7) is 8.91. The number of hydrogen-bond donors (Lipinski definition) is 2. The van der Waals surface area contributed by atoms with Crippen LogP contribution in [0.1, 0.15) is 44.0 Å². The topological polar surface area (TPSA) is 81.2 Å². The van der Waals surface area contributed by atoms with Gasteiger partial charge in [-0.2, -0.15) is 0 Å². The van der Waals surface area contributed by atoms with Gasteiger partial charge in [-0.15, -0.1) is 0 Å². The van der Waals surface area contributed by atoms with E-state index in [1.54, 1.807) is 0 Å². The van der Waals surface area contributed by atoms with Gasteiger partial charge in [0.1, 0.15) is 5.76 Å². The van der Waals surface area contributed by atoms with Crippen LogP contribution in [0, 0.1) is 25.7 Å². The SMILES string of the molecule is Cc1nc(CNC(=O)CC(CN)CC(C)C)oc1C. The number of carbonyl (C=O) groups is 1. The Morgan fingerprint density at radius 2 is 2.11 bits per heavy atom. The minimum atomic E-state index is 0.00426. The normalized spacial score (nSPS) is 12.7. The van der Waals surface area contributed by atoms with Gasteiger partial charge >= 0.3 is 0 Å². The molecule has 1 aromatic heterocycles. The first kappa shape index (κ1) is 15.7. The molecule has 5 heteroatoms. The number of nitrogens with zero attached hydrogens (tertiary/aromatic N) is 1. The van der Waals surface area contributed by atoms with E-state index >= 15 is 0 Å². The van der Waals surface area contributed by atoms with Crippen molar-refractivity contribution in [3.8, 4) is 0 Å². The zero-order valence-corrected chi connectivity index (χ0v) is 12.3. The number of hydrogen-bond acceptors (Lipinski definition) is 4. The highest BCUT2D eigenvalue weighted by Crippen LogP contribution is 2.14. The molecule has 1 amide bonds. The number of oxazole rings is 1. The second-order valence-electron chi connectivity index (χ2n) is 5.46. The summed E-state index contributed by atoms with van der Waals surface area (Å²) in [5, 5.41) is 2.83. The molecule has 1 rings (SSSR count). The Morgan fingerprint density at radius 1 is 1.42 bits per heavy atom. The Kier molecular flexibility index (Phi) is 6.02. The monoisotopic (exact) mass is 267 g/mol. The number of rotatable bonds is 7. The molecule has 1 aromatic rings. The van der Waals surface area contributed by atoms with Crippen LogP contribution >= 0.6 is 0 Å². The Labute approximate surface area is 115 Å². The molecule has 0 radical (unpaired) electrons. The number of nitrogens with two attached hydrogens (primary N) is 1. The van der Waals surface area contributed by atoms with Crippen molar-refractivity contribution in [1.82, 2.24) is 10.3 Å². The van der Waals surface area contributed by atoms with Gasteiger partial charge < -0.3 is 15.5 Å². The number of aryl methyl sites for hydroxylation is 2. The minimum Gasteiger partial charge on any atom is -0.444 e. The van der Waals surface area contributed by atoms with Crippen molar-refractivity contribution in [3.05, 3.63) is 17.3 Å². The lowest BCUT2D eigenvalue weighted by Gasteiger charge is -2.16. The van der Waals surface area contributed by atoms with Crippen LogP contribution in [0.2, 0.25) is 0 Å². The summed E-state index contributed by atoms with van der Waals surface area (Å²) in [6.07, 6.45) is 1.44. The molecular formula is C14H25N3O2. The van der Waals surface area contributed by atoms with E-state index in [4.69, 9.17) is 10.2 Å². The summed E-state index contributed by atoms with van der Waals surface area (Å²) in [5.41, 5.74) is 6.55. The molecule has 1 atom stereocenters. The second kappa shape index (κ2) is 7.28. The van der Waals surface area contributed by atoms with E-state index in [-0.39, 0.29) is 11.8 Å². The molecule has 0 aliphatic rings. The van der Waals surface area contributed by atoms with Gasteiger partial charge in [-0.05, 0) is 38.6 Å². The molecule has 0 aliphatic heterocycles. The third-order valence-corrected chi connectivity index (χ3v) is 3.12. The molecule has 0 fully saturated rings. The van der Waals surface area contributed by atoms with E-state index in [0.29, 0.717) is 31.3 Å². The van der Waals surface area contributed by atoms with Crippen molar-refractivity contribution >= 4 is 5.91 Å². The lowest BCUT2D eigenvalue weighted by Crippen LogP contribution is -2.28. The molecule has 5 nitrogen and oxygen atoms in total. The highest BCUT2D eigenvalue weighted by atomic mass is 16.4. The number of carbonyl (C=O) groups excluding carboxylic acids is 1. The third kappa shape index (κ3) is 5.42. The molecule has 108 valence electrons. The summed E-state index contributed by atoms with van der Waals surface area (Å²) >= 11 is 0. The maximum absolute atomic E-state index is 11.8. The van der Waals surface area contributed by atoms with Gasteiger partial charge in [0.15, 0.2) is 0 Å². The average molecular weight is 267 g/mol. The van der Waals surface area contributed by atoms with E-state index in [1.165, 1.54) is 0 Å². The van der Waals surface area contributed by atoms with E-state index in [9.17, 15) is 4.79 Å².